The van der Waals surface area contributed by atoms with Crippen molar-refractivity contribution in [3.63, 3.8) is 0 Å². The van der Waals surface area contributed by atoms with Gasteiger partial charge in [0.1, 0.15) is 5.82 Å². The minimum atomic E-state index is -0.931. The number of benzene rings is 1. The molecule has 0 bridgehead atoms. The van der Waals surface area contributed by atoms with Crippen molar-refractivity contribution in [1.29, 1.82) is 0 Å². The number of ether oxygens (including phenoxy) is 2. The lowest BCUT2D eigenvalue weighted by atomic mass is 10.2. The first-order valence-electron chi connectivity index (χ1n) is 6.44. The molecule has 0 saturated heterocycles. The van der Waals surface area contributed by atoms with E-state index in [1.165, 1.54) is 32.2 Å². The van der Waals surface area contributed by atoms with Crippen LogP contribution >= 0.6 is 0 Å². The molecule has 0 spiro atoms. The van der Waals surface area contributed by atoms with Crippen molar-refractivity contribution in [3.8, 4) is 0 Å². The number of rotatable bonds is 7. The molecule has 1 amide bonds. The first kappa shape index (κ1) is 16.8. The summed E-state index contributed by atoms with van der Waals surface area (Å²) >= 11 is 0. The number of carbonyl (C=O) groups is 2. The normalized spacial score (nSPS) is 12.1. The number of esters is 1. The van der Waals surface area contributed by atoms with E-state index in [2.05, 4.69) is 5.32 Å². The van der Waals surface area contributed by atoms with Crippen LogP contribution in [-0.4, -0.2) is 38.2 Å². The summed E-state index contributed by atoms with van der Waals surface area (Å²) in [5.41, 5.74) is 0.270. The largest absolute Gasteiger partial charge is 0.449 e. The lowest BCUT2D eigenvalue weighted by Gasteiger charge is -2.11. The maximum atomic E-state index is 13.3. The minimum Gasteiger partial charge on any atom is -0.449 e. The van der Waals surface area contributed by atoms with E-state index in [0.29, 0.717) is 13.2 Å². The van der Waals surface area contributed by atoms with E-state index in [0.717, 1.165) is 6.08 Å². The number of carbonyl (C=O) groups excluding carboxylic acids is 2. The molecule has 0 heterocycles. The molecule has 1 aromatic rings. The fraction of sp³-hybridized carbons (Fsp3) is 0.333. The molecule has 6 heteroatoms. The van der Waals surface area contributed by atoms with Crippen LogP contribution in [0.5, 0.6) is 0 Å². The lowest BCUT2D eigenvalue weighted by molar-refractivity contribution is -0.150. The molecule has 0 radical (unpaired) electrons. The molecule has 0 fully saturated rings. The molecule has 5 nitrogen and oxygen atoms in total. The maximum Gasteiger partial charge on any atom is 0.331 e. The van der Waals surface area contributed by atoms with Gasteiger partial charge in [0.15, 0.2) is 6.10 Å². The molecule has 0 aromatic heterocycles. The first-order valence-corrected chi connectivity index (χ1v) is 6.44. The van der Waals surface area contributed by atoms with E-state index in [1.807, 2.05) is 0 Å². The number of halogens is 1. The van der Waals surface area contributed by atoms with Gasteiger partial charge in [-0.3, -0.25) is 4.79 Å². The van der Waals surface area contributed by atoms with E-state index in [9.17, 15) is 14.0 Å². The smallest absolute Gasteiger partial charge is 0.331 e. The summed E-state index contributed by atoms with van der Waals surface area (Å²) in [7, 11) is 1.52. The highest BCUT2D eigenvalue weighted by atomic mass is 19.1. The fourth-order valence-corrected chi connectivity index (χ4v) is 1.46. The van der Waals surface area contributed by atoms with Crippen LogP contribution in [0, 0.1) is 5.82 Å². The molecule has 0 saturated carbocycles. The van der Waals surface area contributed by atoms with Gasteiger partial charge in [0.2, 0.25) is 0 Å². The van der Waals surface area contributed by atoms with Gasteiger partial charge in [-0.2, -0.15) is 0 Å². The maximum absolute atomic E-state index is 13.3. The SMILES string of the molecule is COCCNC(=O)[C@H](C)OC(=O)/C=C/c1ccccc1F. The van der Waals surface area contributed by atoms with Crippen molar-refractivity contribution in [3.05, 3.63) is 41.7 Å². The second-order valence-electron chi connectivity index (χ2n) is 4.22. The van der Waals surface area contributed by atoms with E-state index in [1.54, 1.807) is 12.1 Å². The number of hydrogen-bond donors (Lipinski definition) is 1. The molecule has 1 rings (SSSR count). The third kappa shape index (κ3) is 6.18. The lowest BCUT2D eigenvalue weighted by Crippen LogP contribution is -2.37. The number of methoxy groups -OCH3 is 1. The Morgan fingerprint density at radius 1 is 1.38 bits per heavy atom. The summed E-state index contributed by atoms with van der Waals surface area (Å²) in [6.07, 6.45) is 1.45. The van der Waals surface area contributed by atoms with Gasteiger partial charge in [-0.1, -0.05) is 18.2 Å². The predicted molar refractivity (Wildman–Crippen MR) is 75.9 cm³/mol. The van der Waals surface area contributed by atoms with Crippen molar-refractivity contribution >= 4 is 18.0 Å². The van der Waals surface area contributed by atoms with Crippen LogP contribution in [-0.2, 0) is 19.1 Å². The Morgan fingerprint density at radius 2 is 2.10 bits per heavy atom. The quantitative estimate of drug-likeness (QED) is 0.471. The molecule has 0 unspecified atom stereocenters. The summed E-state index contributed by atoms with van der Waals surface area (Å²) in [4.78, 5) is 23.1. The van der Waals surface area contributed by atoms with E-state index in [4.69, 9.17) is 9.47 Å². The van der Waals surface area contributed by atoms with Gasteiger partial charge in [-0.25, -0.2) is 9.18 Å². The van der Waals surface area contributed by atoms with Crippen LogP contribution < -0.4 is 5.32 Å². The highest BCUT2D eigenvalue weighted by Gasteiger charge is 2.15. The fourth-order valence-electron chi connectivity index (χ4n) is 1.46. The Bertz CT molecular complexity index is 516. The second kappa shape index (κ2) is 8.86. The molecular formula is C15H18FNO4. The highest BCUT2D eigenvalue weighted by molar-refractivity contribution is 5.90. The van der Waals surface area contributed by atoms with Crippen molar-refractivity contribution < 1.29 is 23.5 Å². The van der Waals surface area contributed by atoms with Crippen molar-refractivity contribution in [2.45, 2.75) is 13.0 Å². The number of nitrogens with one attached hydrogen (secondary N) is 1. The van der Waals surface area contributed by atoms with Gasteiger partial charge in [0.25, 0.3) is 5.91 Å². The molecule has 0 aliphatic rings. The summed E-state index contributed by atoms with van der Waals surface area (Å²) in [5.74, 6) is -1.57. The van der Waals surface area contributed by atoms with Crippen LogP contribution in [0.3, 0.4) is 0 Å². The molecular weight excluding hydrogens is 277 g/mol. The predicted octanol–water partition coefficient (Wildman–Crippen LogP) is 1.53. The van der Waals surface area contributed by atoms with Crippen LogP contribution in [0.15, 0.2) is 30.3 Å². The van der Waals surface area contributed by atoms with Crippen LogP contribution in [0.2, 0.25) is 0 Å². The molecule has 21 heavy (non-hydrogen) atoms. The molecule has 1 aromatic carbocycles. The van der Waals surface area contributed by atoms with E-state index < -0.39 is 23.8 Å². The van der Waals surface area contributed by atoms with Crippen LogP contribution in [0.1, 0.15) is 12.5 Å². The Hall–Kier alpha value is -2.21. The van der Waals surface area contributed by atoms with Crippen molar-refractivity contribution in [2.75, 3.05) is 20.3 Å². The average molecular weight is 295 g/mol. The van der Waals surface area contributed by atoms with Gasteiger partial charge in [0, 0.05) is 25.3 Å². The molecule has 0 aliphatic carbocycles. The average Bonchev–Trinajstić information content (AvgIpc) is 2.46. The third-order valence-corrected chi connectivity index (χ3v) is 2.57. The summed E-state index contributed by atoms with van der Waals surface area (Å²) < 4.78 is 23.0. The van der Waals surface area contributed by atoms with Crippen molar-refractivity contribution in [1.82, 2.24) is 5.32 Å². The summed E-state index contributed by atoms with van der Waals surface area (Å²) in [6, 6.07) is 6.02. The molecule has 1 atom stereocenters. The standard InChI is InChI=1S/C15H18FNO4/c1-11(15(19)17-9-10-20-2)21-14(18)8-7-12-5-3-4-6-13(12)16/h3-8,11H,9-10H2,1-2H3,(H,17,19)/b8-7+/t11-/m0/s1. The summed E-state index contributed by atoms with van der Waals surface area (Å²) in [5, 5.41) is 2.55. The summed E-state index contributed by atoms with van der Waals surface area (Å²) in [6.45, 7) is 2.17. The molecule has 1 N–H and O–H groups in total. The molecule has 114 valence electrons. The van der Waals surface area contributed by atoms with Crippen LogP contribution in [0.25, 0.3) is 6.08 Å². The second-order valence-corrected chi connectivity index (χ2v) is 4.22. The van der Waals surface area contributed by atoms with Gasteiger partial charge < -0.3 is 14.8 Å². The zero-order chi connectivity index (χ0) is 15.7. The van der Waals surface area contributed by atoms with Gasteiger partial charge in [-0.15, -0.1) is 0 Å². The monoisotopic (exact) mass is 295 g/mol. The zero-order valence-electron chi connectivity index (χ0n) is 12.0. The minimum absolute atomic E-state index is 0.270. The number of hydrogen-bond acceptors (Lipinski definition) is 4. The van der Waals surface area contributed by atoms with Crippen molar-refractivity contribution in [2.24, 2.45) is 0 Å². The number of amides is 1. The van der Waals surface area contributed by atoms with Crippen LogP contribution in [0.4, 0.5) is 4.39 Å². The Kier molecular flexibility index (Phi) is 7.11. The van der Waals surface area contributed by atoms with E-state index >= 15 is 0 Å². The highest BCUT2D eigenvalue weighted by Crippen LogP contribution is 2.08. The first-order chi connectivity index (χ1) is 10.0. The van der Waals surface area contributed by atoms with E-state index in [-0.39, 0.29) is 5.56 Å². The van der Waals surface area contributed by atoms with Gasteiger partial charge >= 0.3 is 5.97 Å². The topological polar surface area (TPSA) is 64.6 Å². The zero-order valence-corrected chi connectivity index (χ0v) is 12.0. The molecule has 0 aliphatic heterocycles. The Morgan fingerprint density at radius 3 is 2.76 bits per heavy atom. The van der Waals surface area contributed by atoms with Gasteiger partial charge in [-0.05, 0) is 19.1 Å². The Labute approximate surface area is 122 Å². The third-order valence-electron chi connectivity index (χ3n) is 2.57. The van der Waals surface area contributed by atoms with Gasteiger partial charge in [0.05, 0.1) is 6.61 Å². The Balaban J connectivity index is 2.46.